The molecule has 2 rings (SSSR count). The van der Waals surface area contributed by atoms with Crippen LogP contribution in [0.1, 0.15) is 20.8 Å². The molecule has 0 radical (unpaired) electrons. The molecule has 1 aliphatic rings. The molecule has 0 aromatic heterocycles. The van der Waals surface area contributed by atoms with Crippen molar-refractivity contribution in [1.29, 1.82) is 0 Å². The van der Waals surface area contributed by atoms with Crippen molar-refractivity contribution >= 4 is 29.3 Å². The quantitative estimate of drug-likeness (QED) is 0.794. The topological polar surface area (TPSA) is 59.1 Å². The number of ether oxygens (including phenoxy) is 2. The van der Waals surface area contributed by atoms with Crippen molar-refractivity contribution in [1.82, 2.24) is 4.90 Å². The molecule has 1 fully saturated rings. The van der Waals surface area contributed by atoms with Gasteiger partial charge >= 0.3 is 6.09 Å². The highest BCUT2D eigenvalue weighted by Crippen LogP contribution is 2.30. The summed E-state index contributed by atoms with van der Waals surface area (Å²) in [5.74, 6) is -0.758. The molecule has 1 aromatic rings. The fraction of sp³-hybridized carbons (Fsp3) is 0.556. The lowest BCUT2D eigenvalue weighted by Crippen LogP contribution is -2.57. The maximum atomic E-state index is 14.6. The summed E-state index contributed by atoms with van der Waals surface area (Å²) in [6.07, 6.45) is -2.21. The number of rotatable bonds is 4. The lowest BCUT2D eigenvalue weighted by atomic mass is 9.94. The van der Waals surface area contributed by atoms with Crippen LogP contribution in [-0.4, -0.2) is 55.9 Å². The molecule has 26 heavy (non-hydrogen) atoms. The first-order valence-electron chi connectivity index (χ1n) is 8.26. The Kier molecular flexibility index (Phi) is 6.01. The van der Waals surface area contributed by atoms with Gasteiger partial charge in [-0.2, -0.15) is 0 Å². The fourth-order valence-corrected chi connectivity index (χ4v) is 2.80. The Morgan fingerprint density at radius 3 is 2.46 bits per heavy atom. The summed E-state index contributed by atoms with van der Waals surface area (Å²) >= 11 is 6.05. The summed E-state index contributed by atoms with van der Waals surface area (Å²) in [5.41, 5.74) is -0.146. The first-order valence-corrected chi connectivity index (χ1v) is 8.64. The van der Waals surface area contributed by atoms with E-state index < -0.39 is 29.7 Å². The van der Waals surface area contributed by atoms with Crippen LogP contribution in [0.25, 0.3) is 0 Å². The van der Waals surface area contributed by atoms with E-state index in [1.165, 1.54) is 24.0 Å². The van der Waals surface area contributed by atoms with Gasteiger partial charge in [0.2, 0.25) is 0 Å². The summed E-state index contributed by atoms with van der Waals surface area (Å²) < 4.78 is 24.9. The second-order valence-corrected chi connectivity index (χ2v) is 7.67. The molecular weight excluding hydrogens is 363 g/mol. The van der Waals surface area contributed by atoms with Crippen molar-refractivity contribution in [3.63, 3.8) is 0 Å². The Balaban J connectivity index is 1.94. The SMILES string of the molecule is COc1ccc(N(C)C(=O)[C@H](F)C2CN(C(=O)OC(C)(C)C)C2)cc1Cl. The normalized spacial score (nSPS) is 15.9. The zero-order valence-corrected chi connectivity index (χ0v) is 16.3. The Bertz CT molecular complexity index is 686. The van der Waals surface area contributed by atoms with E-state index in [0.717, 1.165) is 0 Å². The van der Waals surface area contributed by atoms with E-state index in [2.05, 4.69) is 0 Å². The van der Waals surface area contributed by atoms with Gasteiger partial charge in [0.25, 0.3) is 5.91 Å². The van der Waals surface area contributed by atoms with Gasteiger partial charge in [-0.25, -0.2) is 9.18 Å². The van der Waals surface area contributed by atoms with Crippen LogP contribution in [0.15, 0.2) is 18.2 Å². The maximum Gasteiger partial charge on any atom is 0.410 e. The van der Waals surface area contributed by atoms with Crippen molar-refractivity contribution in [3.8, 4) is 5.75 Å². The van der Waals surface area contributed by atoms with Crippen molar-refractivity contribution in [3.05, 3.63) is 23.2 Å². The average molecular weight is 387 g/mol. The maximum absolute atomic E-state index is 14.6. The highest BCUT2D eigenvalue weighted by molar-refractivity contribution is 6.32. The molecule has 6 nitrogen and oxygen atoms in total. The van der Waals surface area contributed by atoms with Gasteiger partial charge in [-0.05, 0) is 39.0 Å². The standard InChI is InChI=1S/C18H24ClFN2O4/c1-18(2,3)26-17(24)22-9-11(10-22)15(20)16(23)21(4)12-6-7-14(25-5)13(19)8-12/h6-8,11,15H,9-10H2,1-5H3/t15-/m1/s1. The Morgan fingerprint density at radius 1 is 1.35 bits per heavy atom. The second kappa shape index (κ2) is 7.70. The minimum atomic E-state index is -1.71. The van der Waals surface area contributed by atoms with Crippen molar-refractivity contribution < 1.29 is 23.5 Å². The van der Waals surface area contributed by atoms with Crippen LogP contribution >= 0.6 is 11.6 Å². The molecule has 0 bridgehead atoms. The number of hydrogen-bond acceptors (Lipinski definition) is 4. The van der Waals surface area contributed by atoms with Gasteiger partial charge in [0.1, 0.15) is 11.4 Å². The van der Waals surface area contributed by atoms with E-state index in [1.54, 1.807) is 39.0 Å². The number of methoxy groups -OCH3 is 1. The molecular formula is C18H24ClFN2O4. The van der Waals surface area contributed by atoms with Crippen molar-refractivity contribution in [2.24, 2.45) is 5.92 Å². The largest absolute Gasteiger partial charge is 0.495 e. The number of carbonyl (C=O) groups is 2. The Hall–Kier alpha value is -2.02. The third kappa shape index (κ3) is 4.58. The number of carbonyl (C=O) groups excluding carboxylic acids is 2. The number of benzene rings is 1. The summed E-state index contributed by atoms with van der Waals surface area (Å²) in [4.78, 5) is 26.9. The molecule has 1 saturated heterocycles. The molecule has 0 N–H and O–H groups in total. The fourth-order valence-electron chi connectivity index (χ4n) is 2.55. The molecule has 0 aliphatic carbocycles. The van der Waals surface area contributed by atoms with Gasteiger partial charge in [-0.3, -0.25) is 4.79 Å². The van der Waals surface area contributed by atoms with Gasteiger partial charge in [0.15, 0.2) is 6.17 Å². The van der Waals surface area contributed by atoms with Crippen molar-refractivity contribution in [2.45, 2.75) is 32.5 Å². The Morgan fingerprint density at radius 2 is 1.96 bits per heavy atom. The zero-order valence-electron chi connectivity index (χ0n) is 15.6. The highest BCUT2D eigenvalue weighted by Gasteiger charge is 2.42. The first-order chi connectivity index (χ1) is 12.0. The van der Waals surface area contributed by atoms with E-state index in [0.29, 0.717) is 16.5 Å². The van der Waals surface area contributed by atoms with E-state index in [4.69, 9.17) is 21.1 Å². The molecule has 144 valence electrons. The smallest absolute Gasteiger partial charge is 0.410 e. The van der Waals surface area contributed by atoms with Crippen LogP contribution in [0.4, 0.5) is 14.9 Å². The third-order valence-electron chi connectivity index (χ3n) is 4.06. The van der Waals surface area contributed by atoms with Gasteiger partial charge in [0.05, 0.1) is 12.1 Å². The van der Waals surface area contributed by atoms with E-state index in [1.807, 2.05) is 0 Å². The van der Waals surface area contributed by atoms with Gasteiger partial charge in [0, 0.05) is 31.7 Å². The predicted octanol–water partition coefficient (Wildman–Crippen LogP) is 3.52. The summed E-state index contributed by atoms with van der Waals surface area (Å²) in [5, 5.41) is 0.333. The van der Waals surface area contributed by atoms with Crippen LogP contribution in [-0.2, 0) is 9.53 Å². The van der Waals surface area contributed by atoms with Crippen LogP contribution in [0.5, 0.6) is 5.75 Å². The predicted molar refractivity (Wildman–Crippen MR) is 97.6 cm³/mol. The molecule has 0 unspecified atom stereocenters. The number of likely N-dealkylation sites (tertiary alicyclic amines) is 1. The lowest BCUT2D eigenvalue weighted by molar-refractivity contribution is -0.127. The summed E-state index contributed by atoms with van der Waals surface area (Å²) in [6, 6.07) is 4.78. The van der Waals surface area contributed by atoms with E-state index in [9.17, 15) is 14.0 Å². The van der Waals surface area contributed by atoms with Crippen LogP contribution in [0, 0.1) is 5.92 Å². The second-order valence-electron chi connectivity index (χ2n) is 7.26. The molecule has 2 amide bonds. The number of amides is 2. The van der Waals surface area contributed by atoms with Crippen LogP contribution in [0.2, 0.25) is 5.02 Å². The average Bonchev–Trinajstić information content (AvgIpc) is 2.50. The van der Waals surface area contributed by atoms with Gasteiger partial charge in [-0.15, -0.1) is 0 Å². The van der Waals surface area contributed by atoms with Gasteiger partial charge in [-0.1, -0.05) is 11.6 Å². The number of halogens is 2. The molecule has 1 heterocycles. The number of nitrogens with zero attached hydrogens (tertiary/aromatic N) is 2. The molecule has 0 saturated carbocycles. The van der Waals surface area contributed by atoms with E-state index in [-0.39, 0.29) is 13.1 Å². The number of anilines is 1. The molecule has 1 aliphatic heterocycles. The highest BCUT2D eigenvalue weighted by atomic mass is 35.5. The van der Waals surface area contributed by atoms with Crippen LogP contribution in [0.3, 0.4) is 0 Å². The summed E-state index contributed by atoms with van der Waals surface area (Å²) in [6.45, 7) is 5.59. The molecule has 1 atom stereocenters. The minimum Gasteiger partial charge on any atom is -0.495 e. The Labute approximate surface area is 157 Å². The van der Waals surface area contributed by atoms with Gasteiger partial charge < -0.3 is 19.3 Å². The monoisotopic (exact) mass is 386 g/mol. The zero-order chi connectivity index (χ0) is 19.6. The van der Waals surface area contributed by atoms with E-state index >= 15 is 0 Å². The number of hydrogen-bond donors (Lipinski definition) is 0. The number of alkyl halides is 1. The first kappa shape index (κ1) is 20.3. The summed E-state index contributed by atoms with van der Waals surface area (Å²) in [7, 11) is 2.97. The minimum absolute atomic E-state index is 0.152. The van der Waals surface area contributed by atoms with Crippen molar-refractivity contribution in [2.75, 3.05) is 32.1 Å². The third-order valence-corrected chi connectivity index (χ3v) is 4.36. The molecule has 0 spiro atoms. The molecule has 1 aromatic carbocycles. The van der Waals surface area contributed by atoms with Crippen LogP contribution < -0.4 is 9.64 Å². The lowest BCUT2D eigenvalue weighted by Gasteiger charge is -2.41. The molecule has 8 heteroatoms.